The molecule has 0 saturated carbocycles. The maximum absolute atomic E-state index is 5.80. The molecule has 0 fully saturated rings. The van der Waals surface area contributed by atoms with E-state index in [1.165, 1.54) is 0 Å². The fourth-order valence-corrected chi connectivity index (χ4v) is 0.960. The van der Waals surface area contributed by atoms with E-state index >= 15 is 0 Å². The zero-order valence-corrected chi connectivity index (χ0v) is 9.90. The van der Waals surface area contributed by atoms with E-state index in [1.807, 2.05) is 25.1 Å². The lowest BCUT2D eigenvalue weighted by Crippen LogP contribution is -2.10. The van der Waals surface area contributed by atoms with Gasteiger partial charge >= 0.3 is 0 Å². The van der Waals surface area contributed by atoms with Gasteiger partial charge in [-0.05, 0) is 12.5 Å². The van der Waals surface area contributed by atoms with E-state index in [2.05, 4.69) is 4.98 Å². The average molecular weight is 239 g/mol. The number of hydrogen-bond donors (Lipinski definition) is 1. The molecule has 2 N–H and O–H groups in total. The topological polar surface area (TPSA) is 48.1 Å². The molecule has 14 heavy (non-hydrogen) atoms. The summed E-state index contributed by atoms with van der Waals surface area (Å²) in [5, 5.41) is 0. The van der Waals surface area contributed by atoms with Crippen LogP contribution < -0.4 is 10.5 Å². The number of nitrogens with zero attached hydrogens (tertiary/aromatic N) is 1. The summed E-state index contributed by atoms with van der Waals surface area (Å²) in [6, 6.07) is 5.64. The summed E-state index contributed by atoms with van der Waals surface area (Å²) in [7, 11) is 1.60. The minimum Gasteiger partial charge on any atom is -0.481 e. The van der Waals surface area contributed by atoms with Crippen molar-refractivity contribution in [2.24, 2.45) is 5.73 Å². The van der Waals surface area contributed by atoms with Crippen LogP contribution in [-0.2, 0) is 0 Å². The summed E-state index contributed by atoms with van der Waals surface area (Å²) in [4.78, 5) is 4.21. The second kappa shape index (κ2) is 7.85. The summed E-state index contributed by atoms with van der Waals surface area (Å²) in [6.07, 6.45) is 0.889. The van der Waals surface area contributed by atoms with E-state index in [9.17, 15) is 0 Å². The number of aromatic nitrogens is 1. The van der Waals surface area contributed by atoms with Gasteiger partial charge in [-0.15, -0.1) is 24.8 Å². The molecule has 0 unspecified atom stereocenters. The van der Waals surface area contributed by atoms with Crippen molar-refractivity contribution in [2.75, 3.05) is 7.11 Å². The van der Waals surface area contributed by atoms with Gasteiger partial charge in [-0.1, -0.05) is 13.0 Å². The maximum Gasteiger partial charge on any atom is 0.213 e. The molecule has 5 heteroatoms. The monoisotopic (exact) mass is 238 g/mol. The molecule has 0 radical (unpaired) electrons. The van der Waals surface area contributed by atoms with E-state index in [-0.39, 0.29) is 30.9 Å². The van der Waals surface area contributed by atoms with Gasteiger partial charge in [-0.25, -0.2) is 4.98 Å². The highest BCUT2D eigenvalue weighted by molar-refractivity contribution is 5.85. The number of methoxy groups -OCH3 is 1. The molecule has 1 rings (SSSR count). The molecule has 0 aliphatic carbocycles. The third kappa shape index (κ3) is 4.13. The molecule has 1 heterocycles. The number of pyridine rings is 1. The molecule has 0 amide bonds. The molecule has 0 bridgehead atoms. The summed E-state index contributed by atoms with van der Waals surface area (Å²) in [6.45, 7) is 2.03. The highest BCUT2D eigenvalue weighted by Crippen LogP contribution is 2.14. The Kier molecular flexibility index (Phi) is 8.94. The quantitative estimate of drug-likeness (QED) is 0.880. The molecule has 0 saturated heterocycles. The number of hydrogen-bond acceptors (Lipinski definition) is 3. The van der Waals surface area contributed by atoms with Crippen LogP contribution >= 0.6 is 24.8 Å². The Morgan fingerprint density at radius 3 is 2.57 bits per heavy atom. The largest absolute Gasteiger partial charge is 0.481 e. The summed E-state index contributed by atoms with van der Waals surface area (Å²) in [5.41, 5.74) is 6.69. The first-order valence-electron chi connectivity index (χ1n) is 4.04. The Hall–Kier alpha value is -0.510. The number of nitrogens with two attached hydrogens (primary N) is 1. The fraction of sp³-hybridized carbons (Fsp3) is 0.444. The van der Waals surface area contributed by atoms with Crippen LogP contribution in [0, 0.1) is 0 Å². The Morgan fingerprint density at radius 1 is 1.43 bits per heavy atom. The zero-order chi connectivity index (χ0) is 8.97. The second-order valence-corrected chi connectivity index (χ2v) is 2.62. The maximum atomic E-state index is 5.80. The Labute approximate surface area is 96.9 Å². The minimum atomic E-state index is 0. The molecule has 1 aromatic heterocycles. The minimum absolute atomic E-state index is 0. The predicted octanol–water partition coefficient (Wildman–Crippen LogP) is 2.34. The number of ether oxygens (including phenoxy) is 1. The first kappa shape index (κ1) is 15.9. The van der Waals surface area contributed by atoms with E-state index in [4.69, 9.17) is 10.5 Å². The van der Waals surface area contributed by atoms with Gasteiger partial charge in [0.2, 0.25) is 5.88 Å². The molecule has 1 aromatic rings. The first-order valence-corrected chi connectivity index (χ1v) is 4.04. The predicted molar refractivity (Wildman–Crippen MR) is 62.5 cm³/mol. The summed E-state index contributed by atoms with van der Waals surface area (Å²) in [5.74, 6) is 0.622. The molecular weight excluding hydrogens is 223 g/mol. The Morgan fingerprint density at radius 2 is 2.07 bits per heavy atom. The molecule has 0 aliphatic heterocycles. The van der Waals surface area contributed by atoms with Crippen LogP contribution in [0.15, 0.2) is 18.2 Å². The molecule has 1 atom stereocenters. The number of halogens is 2. The Balaban J connectivity index is 0. The lowest BCUT2D eigenvalue weighted by Gasteiger charge is -2.08. The van der Waals surface area contributed by atoms with Crippen molar-refractivity contribution in [3.63, 3.8) is 0 Å². The van der Waals surface area contributed by atoms with Gasteiger partial charge in [0.25, 0.3) is 0 Å². The van der Waals surface area contributed by atoms with Gasteiger partial charge < -0.3 is 10.5 Å². The lowest BCUT2D eigenvalue weighted by atomic mass is 10.1. The van der Waals surface area contributed by atoms with Gasteiger partial charge in [-0.3, -0.25) is 0 Å². The third-order valence-electron chi connectivity index (χ3n) is 1.77. The van der Waals surface area contributed by atoms with Crippen LogP contribution in [0.5, 0.6) is 5.88 Å². The average Bonchev–Trinajstić information content (AvgIpc) is 2.17. The molecule has 82 valence electrons. The van der Waals surface area contributed by atoms with E-state index in [0.29, 0.717) is 5.88 Å². The van der Waals surface area contributed by atoms with Crippen LogP contribution in [0.25, 0.3) is 0 Å². The molecular formula is C9H16Cl2N2O. The van der Waals surface area contributed by atoms with Crippen LogP contribution in [-0.4, -0.2) is 12.1 Å². The van der Waals surface area contributed by atoms with Crippen molar-refractivity contribution in [1.29, 1.82) is 0 Å². The standard InChI is InChI=1S/C9H14N2O.2ClH/c1-3-7(10)8-5-4-6-9(11-8)12-2;;/h4-7H,3,10H2,1-2H3;2*1H/t7-;;/m0../s1. The fourth-order valence-electron chi connectivity index (χ4n) is 0.960. The van der Waals surface area contributed by atoms with Gasteiger partial charge in [0.15, 0.2) is 0 Å². The zero-order valence-electron chi connectivity index (χ0n) is 8.27. The molecule has 0 spiro atoms. The van der Waals surface area contributed by atoms with Crippen LogP contribution in [0.4, 0.5) is 0 Å². The van der Waals surface area contributed by atoms with Crippen molar-refractivity contribution in [2.45, 2.75) is 19.4 Å². The van der Waals surface area contributed by atoms with Crippen molar-refractivity contribution in [3.8, 4) is 5.88 Å². The Bertz CT molecular complexity index is 258. The van der Waals surface area contributed by atoms with Crippen LogP contribution in [0.2, 0.25) is 0 Å². The van der Waals surface area contributed by atoms with Crippen LogP contribution in [0.3, 0.4) is 0 Å². The van der Waals surface area contributed by atoms with E-state index in [0.717, 1.165) is 12.1 Å². The molecule has 3 nitrogen and oxygen atoms in total. The van der Waals surface area contributed by atoms with Crippen molar-refractivity contribution < 1.29 is 4.74 Å². The van der Waals surface area contributed by atoms with E-state index < -0.39 is 0 Å². The highest BCUT2D eigenvalue weighted by Gasteiger charge is 2.04. The van der Waals surface area contributed by atoms with Gasteiger partial charge in [-0.2, -0.15) is 0 Å². The van der Waals surface area contributed by atoms with Crippen molar-refractivity contribution in [1.82, 2.24) is 4.98 Å². The van der Waals surface area contributed by atoms with Crippen LogP contribution in [0.1, 0.15) is 25.1 Å². The summed E-state index contributed by atoms with van der Waals surface area (Å²) >= 11 is 0. The van der Waals surface area contributed by atoms with Crippen molar-refractivity contribution in [3.05, 3.63) is 23.9 Å². The molecule has 0 aromatic carbocycles. The smallest absolute Gasteiger partial charge is 0.213 e. The first-order chi connectivity index (χ1) is 5.77. The van der Waals surface area contributed by atoms with Crippen molar-refractivity contribution >= 4 is 24.8 Å². The highest BCUT2D eigenvalue weighted by atomic mass is 35.5. The SMILES string of the molecule is CC[C@H](N)c1cccc(OC)n1.Cl.Cl. The third-order valence-corrected chi connectivity index (χ3v) is 1.77. The van der Waals surface area contributed by atoms with E-state index in [1.54, 1.807) is 7.11 Å². The number of rotatable bonds is 3. The summed E-state index contributed by atoms with van der Waals surface area (Å²) < 4.78 is 4.98. The van der Waals surface area contributed by atoms with Gasteiger partial charge in [0.05, 0.1) is 12.8 Å². The second-order valence-electron chi connectivity index (χ2n) is 2.62. The lowest BCUT2D eigenvalue weighted by molar-refractivity contribution is 0.394. The normalized spacial score (nSPS) is 10.8. The molecule has 0 aliphatic rings. The van der Waals surface area contributed by atoms with Gasteiger partial charge in [0, 0.05) is 12.1 Å². The van der Waals surface area contributed by atoms with Gasteiger partial charge in [0.1, 0.15) is 0 Å².